The normalized spacial score (nSPS) is 10.7. The molecule has 2 aromatic carbocycles. The van der Waals surface area contributed by atoms with Gasteiger partial charge < -0.3 is 14.2 Å². The molecule has 0 unspecified atom stereocenters. The number of hydrogen-bond donors (Lipinski definition) is 0. The molecular weight excluding hydrogens is 364 g/mol. The average molecular weight is 395 g/mol. The van der Waals surface area contributed by atoms with Crippen LogP contribution in [-0.2, 0) is 6.42 Å². The van der Waals surface area contributed by atoms with Crippen LogP contribution in [0.5, 0.6) is 17.2 Å². The molecule has 0 bridgehead atoms. The van der Waals surface area contributed by atoms with Gasteiger partial charge in [-0.3, -0.25) is 4.79 Å². The van der Waals surface area contributed by atoms with Crippen LogP contribution in [0, 0.1) is 0 Å². The van der Waals surface area contributed by atoms with E-state index in [1.807, 2.05) is 18.2 Å². The van der Waals surface area contributed by atoms with Gasteiger partial charge in [-0.25, -0.2) is 0 Å². The quantitative estimate of drug-likeness (QED) is 0.255. The molecular formula is C25H30O4. The first kappa shape index (κ1) is 22.3. The third-order valence-electron chi connectivity index (χ3n) is 4.27. The lowest BCUT2D eigenvalue weighted by Gasteiger charge is -2.15. The van der Waals surface area contributed by atoms with Gasteiger partial charge in [-0.05, 0) is 67.3 Å². The van der Waals surface area contributed by atoms with E-state index >= 15 is 0 Å². The van der Waals surface area contributed by atoms with E-state index in [1.54, 1.807) is 43.5 Å². The van der Waals surface area contributed by atoms with Gasteiger partial charge >= 0.3 is 0 Å². The monoisotopic (exact) mass is 394 g/mol. The summed E-state index contributed by atoms with van der Waals surface area (Å²) in [5.74, 6) is 2.16. The van der Waals surface area contributed by atoms with Crippen molar-refractivity contribution < 1.29 is 19.0 Å². The fraction of sp³-hybridized carbons (Fsp3) is 0.320. The second kappa shape index (κ2) is 11.7. The van der Waals surface area contributed by atoms with Crippen LogP contribution in [0.1, 0.15) is 48.2 Å². The minimum absolute atomic E-state index is 0.0781. The van der Waals surface area contributed by atoms with E-state index in [1.165, 1.54) is 0 Å². The molecule has 0 aliphatic carbocycles. The van der Waals surface area contributed by atoms with E-state index in [4.69, 9.17) is 14.2 Å². The molecule has 0 aliphatic heterocycles. The van der Waals surface area contributed by atoms with E-state index in [2.05, 4.69) is 20.4 Å². The summed E-state index contributed by atoms with van der Waals surface area (Å²) in [6, 6.07) is 11.0. The minimum Gasteiger partial charge on any atom is -0.497 e. The van der Waals surface area contributed by atoms with Gasteiger partial charge in [-0.1, -0.05) is 19.9 Å². The summed E-state index contributed by atoms with van der Waals surface area (Å²) >= 11 is 0. The van der Waals surface area contributed by atoms with Gasteiger partial charge in [-0.15, -0.1) is 6.58 Å². The number of carbonyl (C=O) groups is 1. The Kier molecular flexibility index (Phi) is 9.03. The first-order valence-corrected chi connectivity index (χ1v) is 10.0. The molecule has 2 rings (SSSR count). The number of benzene rings is 2. The number of methoxy groups -OCH3 is 1. The number of carbonyl (C=O) groups excluding carboxylic acids is 1. The van der Waals surface area contributed by atoms with Gasteiger partial charge in [0.1, 0.15) is 17.2 Å². The summed E-state index contributed by atoms with van der Waals surface area (Å²) < 4.78 is 17.0. The van der Waals surface area contributed by atoms with Gasteiger partial charge in [-0.2, -0.15) is 0 Å². The van der Waals surface area contributed by atoms with Crippen molar-refractivity contribution in [3.05, 3.63) is 71.8 Å². The number of hydrogen-bond acceptors (Lipinski definition) is 4. The highest BCUT2D eigenvalue weighted by Gasteiger charge is 2.11. The van der Waals surface area contributed by atoms with Crippen molar-refractivity contribution in [2.75, 3.05) is 20.3 Å². The number of rotatable bonds is 12. The molecule has 0 fully saturated rings. The van der Waals surface area contributed by atoms with E-state index in [0.29, 0.717) is 30.9 Å². The second-order valence-corrected chi connectivity index (χ2v) is 6.61. The highest BCUT2D eigenvalue weighted by Crippen LogP contribution is 2.31. The van der Waals surface area contributed by atoms with E-state index in [9.17, 15) is 4.79 Å². The highest BCUT2D eigenvalue weighted by atomic mass is 16.5. The Morgan fingerprint density at radius 1 is 1.00 bits per heavy atom. The summed E-state index contributed by atoms with van der Waals surface area (Å²) in [7, 11) is 1.60. The second-order valence-electron chi connectivity index (χ2n) is 6.61. The van der Waals surface area contributed by atoms with Gasteiger partial charge in [0.15, 0.2) is 5.78 Å². The Labute approximate surface area is 173 Å². The summed E-state index contributed by atoms with van der Waals surface area (Å²) in [4.78, 5) is 12.6. The molecule has 0 spiro atoms. The molecule has 4 heteroatoms. The van der Waals surface area contributed by atoms with Gasteiger partial charge in [0.05, 0.1) is 20.3 Å². The average Bonchev–Trinajstić information content (AvgIpc) is 2.75. The Hall–Kier alpha value is -3.01. The maximum atomic E-state index is 12.6. The molecule has 0 atom stereocenters. The van der Waals surface area contributed by atoms with E-state index in [0.717, 1.165) is 35.5 Å². The fourth-order valence-corrected chi connectivity index (χ4v) is 2.77. The molecule has 4 nitrogen and oxygen atoms in total. The number of ketones is 1. The lowest BCUT2D eigenvalue weighted by Crippen LogP contribution is -2.03. The Morgan fingerprint density at radius 3 is 2.24 bits per heavy atom. The van der Waals surface area contributed by atoms with Crippen molar-refractivity contribution in [1.29, 1.82) is 0 Å². The molecule has 0 saturated heterocycles. The first-order valence-electron chi connectivity index (χ1n) is 10.0. The van der Waals surface area contributed by atoms with Crippen molar-refractivity contribution >= 4 is 11.9 Å². The molecule has 0 saturated carbocycles. The minimum atomic E-state index is -0.0781. The van der Waals surface area contributed by atoms with Crippen molar-refractivity contribution in [2.45, 2.75) is 33.1 Å². The SMILES string of the molecule is C=CCc1cc(/C=C/C(=O)c2ccc(OC)cc2)c(OCCC)cc1OCCC. The molecule has 0 aliphatic rings. The topological polar surface area (TPSA) is 44.8 Å². The van der Waals surface area contributed by atoms with Crippen LogP contribution in [0.15, 0.2) is 55.1 Å². The van der Waals surface area contributed by atoms with Crippen LogP contribution in [0.2, 0.25) is 0 Å². The fourth-order valence-electron chi connectivity index (χ4n) is 2.77. The standard InChI is InChI=1S/C25H30O4/c1-5-8-20-17-21(25(29-16-7-3)18-24(20)28-15-6-2)11-14-23(26)19-9-12-22(27-4)13-10-19/h5,9-14,17-18H,1,6-8,15-16H2,2-4H3/b14-11+. The smallest absolute Gasteiger partial charge is 0.185 e. The predicted octanol–water partition coefficient (Wildman–Crippen LogP) is 5.90. The molecule has 0 aromatic heterocycles. The number of allylic oxidation sites excluding steroid dienone is 2. The van der Waals surface area contributed by atoms with E-state index in [-0.39, 0.29) is 5.78 Å². The van der Waals surface area contributed by atoms with Crippen LogP contribution < -0.4 is 14.2 Å². The molecule has 0 N–H and O–H groups in total. The molecule has 0 radical (unpaired) electrons. The summed E-state index contributed by atoms with van der Waals surface area (Å²) in [5.41, 5.74) is 2.47. The van der Waals surface area contributed by atoms with E-state index < -0.39 is 0 Å². The van der Waals surface area contributed by atoms with Crippen molar-refractivity contribution in [2.24, 2.45) is 0 Å². The van der Waals surface area contributed by atoms with Gasteiger partial charge in [0.25, 0.3) is 0 Å². The lowest BCUT2D eigenvalue weighted by atomic mass is 10.0. The highest BCUT2D eigenvalue weighted by molar-refractivity contribution is 6.07. The zero-order chi connectivity index (χ0) is 21.1. The molecule has 154 valence electrons. The first-order chi connectivity index (χ1) is 14.1. The van der Waals surface area contributed by atoms with Crippen LogP contribution in [0.4, 0.5) is 0 Å². The molecule has 0 heterocycles. The summed E-state index contributed by atoms with van der Waals surface area (Å²) in [6.45, 7) is 9.21. The Morgan fingerprint density at radius 2 is 1.66 bits per heavy atom. The Bertz CT molecular complexity index is 835. The number of ether oxygens (including phenoxy) is 3. The summed E-state index contributed by atoms with van der Waals surface area (Å²) in [6.07, 6.45) is 7.72. The van der Waals surface area contributed by atoms with Crippen LogP contribution in [0.25, 0.3) is 6.08 Å². The van der Waals surface area contributed by atoms with Crippen molar-refractivity contribution in [3.63, 3.8) is 0 Å². The molecule has 2 aromatic rings. The maximum Gasteiger partial charge on any atom is 0.185 e. The van der Waals surface area contributed by atoms with Crippen LogP contribution >= 0.6 is 0 Å². The third-order valence-corrected chi connectivity index (χ3v) is 4.27. The molecule has 29 heavy (non-hydrogen) atoms. The third kappa shape index (κ3) is 6.53. The zero-order valence-corrected chi connectivity index (χ0v) is 17.6. The Balaban J connectivity index is 2.33. The lowest BCUT2D eigenvalue weighted by molar-refractivity contribution is 0.104. The zero-order valence-electron chi connectivity index (χ0n) is 17.6. The maximum absolute atomic E-state index is 12.6. The van der Waals surface area contributed by atoms with Crippen LogP contribution in [-0.4, -0.2) is 26.1 Å². The van der Waals surface area contributed by atoms with Crippen LogP contribution in [0.3, 0.4) is 0 Å². The van der Waals surface area contributed by atoms with Crippen molar-refractivity contribution in [1.82, 2.24) is 0 Å². The van der Waals surface area contributed by atoms with Gasteiger partial charge in [0, 0.05) is 17.2 Å². The summed E-state index contributed by atoms with van der Waals surface area (Å²) in [5, 5.41) is 0. The van der Waals surface area contributed by atoms with Crippen molar-refractivity contribution in [3.8, 4) is 17.2 Å². The largest absolute Gasteiger partial charge is 0.497 e. The predicted molar refractivity (Wildman–Crippen MR) is 118 cm³/mol. The molecule has 0 amide bonds. The van der Waals surface area contributed by atoms with Gasteiger partial charge in [0.2, 0.25) is 0 Å².